The summed E-state index contributed by atoms with van der Waals surface area (Å²) in [5, 5.41) is 0. The molecule has 0 bridgehead atoms. The van der Waals surface area contributed by atoms with Crippen molar-refractivity contribution in [1.29, 1.82) is 0 Å². The van der Waals surface area contributed by atoms with Gasteiger partial charge in [-0.1, -0.05) is 0 Å². The summed E-state index contributed by atoms with van der Waals surface area (Å²) in [6, 6.07) is 0. The molecule has 2 atom stereocenters. The summed E-state index contributed by atoms with van der Waals surface area (Å²) in [5.74, 6) is -3.52. The molecule has 0 aliphatic carbocycles. The second-order valence-electron chi connectivity index (χ2n) is 3.30. The molecule has 8 nitrogen and oxygen atoms in total. The van der Waals surface area contributed by atoms with Crippen LogP contribution in [0.5, 0.6) is 0 Å². The summed E-state index contributed by atoms with van der Waals surface area (Å²) in [4.78, 5) is 43.3. The number of rotatable bonds is 6. The van der Waals surface area contributed by atoms with E-state index in [-0.39, 0.29) is 0 Å². The zero-order valence-corrected chi connectivity index (χ0v) is 9.91. The third-order valence-electron chi connectivity index (χ3n) is 1.74. The minimum absolute atomic E-state index is 0.746. The molecule has 0 aromatic carbocycles. The van der Waals surface area contributed by atoms with Gasteiger partial charge in [-0.2, -0.15) is 0 Å². The fourth-order valence-corrected chi connectivity index (χ4v) is 0.679. The molecule has 4 N–H and O–H groups in total. The van der Waals surface area contributed by atoms with E-state index in [9.17, 15) is 19.2 Å². The van der Waals surface area contributed by atoms with E-state index in [0.29, 0.717) is 0 Å². The summed E-state index contributed by atoms with van der Waals surface area (Å²) in [5.41, 5.74) is 9.71. The van der Waals surface area contributed by atoms with E-state index >= 15 is 0 Å². The third-order valence-corrected chi connectivity index (χ3v) is 1.74. The highest BCUT2D eigenvalue weighted by molar-refractivity contribution is 5.94. The predicted molar refractivity (Wildman–Crippen MR) is 58.6 cm³/mol. The number of esters is 2. The molecule has 100 valence electrons. The molecule has 0 heterocycles. The normalized spacial score (nSPS) is 13.7. The van der Waals surface area contributed by atoms with E-state index in [1.165, 1.54) is 13.8 Å². The number of hydrogen-bond donors (Lipinski definition) is 2. The Balaban J connectivity index is 4.22. The van der Waals surface area contributed by atoms with Gasteiger partial charge < -0.3 is 20.9 Å². The Morgan fingerprint density at radius 2 is 1.11 bits per heavy atom. The van der Waals surface area contributed by atoms with Crippen molar-refractivity contribution < 1.29 is 28.7 Å². The maximum atomic E-state index is 11.1. The molecule has 18 heavy (non-hydrogen) atoms. The van der Waals surface area contributed by atoms with Crippen LogP contribution in [0.2, 0.25) is 0 Å². The predicted octanol–water partition coefficient (Wildman–Crippen LogP) is -1.62. The van der Waals surface area contributed by atoms with Crippen molar-refractivity contribution in [2.75, 3.05) is 0 Å². The monoisotopic (exact) mass is 258 g/mol. The second-order valence-corrected chi connectivity index (χ2v) is 3.30. The number of nitrogens with two attached hydrogens (primary N) is 2. The van der Waals surface area contributed by atoms with Gasteiger partial charge in [-0.3, -0.25) is 9.59 Å². The van der Waals surface area contributed by atoms with Crippen molar-refractivity contribution in [1.82, 2.24) is 0 Å². The van der Waals surface area contributed by atoms with Crippen LogP contribution < -0.4 is 11.5 Å². The first-order chi connectivity index (χ1) is 8.23. The molecule has 0 saturated heterocycles. The fraction of sp³-hybridized carbons (Fsp3) is 0.400. The molecule has 0 spiro atoms. The molecule has 0 saturated carbocycles. The van der Waals surface area contributed by atoms with Crippen molar-refractivity contribution in [3.8, 4) is 0 Å². The van der Waals surface area contributed by atoms with Gasteiger partial charge in [-0.05, 0) is 13.8 Å². The molecule has 2 unspecified atom stereocenters. The fourth-order valence-electron chi connectivity index (χ4n) is 0.679. The number of carbonyl (C=O) groups excluding carboxylic acids is 4. The Hall–Kier alpha value is -2.38. The van der Waals surface area contributed by atoms with Gasteiger partial charge in [0.1, 0.15) is 0 Å². The number of hydrogen-bond acceptors (Lipinski definition) is 6. The minimum Gasteiger partial charge on any atom is -0.449 e. The Labute approximate surface area is 103 Å². The number of primary amides is 2. The van der Waals surface area contributed by atoms with Gasteiger partial charge >= 0.3 is 11.9 Å². The molecule has 0 rings (SSSR count). The average Bonchev–Trinajstić information content (AvgIpc) is 2.25. The smallest absolute Gasteiger partial charge is 0.331 e. The Morgan fingerprint density at radius 3 is 1.33 bits per heavy atom. The van der Waals surface area contributed by atoms with E-state index in [1.807, 2.05) is 0 Å². The lowest BCUT2D eigenvalue weighted by molar-refractivity contribution is -0.150. The van der Waals surface area contributed by atoms with Gasteiger partial charge in [0.05, 0.1) is 0 Å². The molecule has 0 aliphatic rings. The Kier molecular flexibility index (Phi) is 6.11. The van der Waals surface area contributed by atoms with Crippen molar-refractivity contribution in [2.45, 2.75) is 26.1 Å². The molecule has 0 aromatic rings. The molecule has 8 heteroatoms. The zero-order chi connectivity index (χ0) is 14.3. The summed E-state index contributed by atoms with van der Waals surface area (Å²) in [7, 11) is 0. The van der Waals surface area contributed by atoms with Crippen LogP contribution in [0.25, 0.3) is 0 Å². The topological polar surface area (TPSA) is 139 Å². The number of carbonyl (C=O) groups is 4. The highest BCUT2D eigenvalue weighted by atomic mass is 16.6. The molecule has 0 fully saturated rings. The van der Waals surface area contributed by atoms with Crippen LogP contribution in [0.3, 0.4) is 0 Å². The summed E-state index contributed by atoms with van der Waals surface area (Å²) in [6.45, 7) is 2.56. The van der Waals surface area contributed by atoms with Crippen LogP contribution in [0, 0.1) is 0 Å². The largest absolute Gasteiger partial charge is 0.449 e. The molecule has 0 aliphatic heterocycles. The minimum atomic E-state index is -1.11. The van der Waals surface area contributed by atoms with Crippen LogP contribution in [-0.2, 0) is 28.7 Å². The number of ether oxygens (including phenoxy) is 2. The lowest BCUT2D eigenvalue weighted by atomic mass is 10.4. The summed E-state index contributed by atoms with van der Waals surface area (Å²) in [6.07, 6.45) is -0.726. The summed E-state index contributed by atoms with van der Waals surface area (Å²) < 4.78 is 9.03. The Morgan fingerprint density at radius 1 is 0.833 bits per heavy atom. The number of amides is 2. The van der Waals surface area contributed by atoms with Crippen molar-refractivity contribution in [3.63, 3.8) is 0 Å². The van der Waals surface area contributed by atoms with Crippen molar-refractivity contribution in [3.05, 3.63) is 12.2 Å². The molecule has 0 radical (unpaired) electrons. The maximum absolute atomic E-state index is 11.1. The van der Waals surface area contributed by atoms with Crippen LogP contribution in [-0.4, -0.2) is 36.0 Å². The first-order valence-electron chi connectivity index (χ1n) is 4.92. The summed E-state index contributed by atoms with van der Waals surface area (Å²) >= 11 is 0. The van der Waals surface area contributed by atoms with E-state index in [0.717, 1.165) is 12.2 Å². The van der Waals surface area contributed by atoms with Crippen LogP contribution in [0.15, 0.2) is 12.2 Å². The van der Waals surface area contributed by atoms with E-state index in [4.69, 9.17) is 11.5 Å². The molecular formula is C10H14N2O6. The van der Waals surface area contributed by atoms with Gasteiger partial charge in [0.15, 0.2) is 12.2 Å². The average molecular weight is 258 g/mol. The Bertz CT molecular complexity index is 354. The van der Waals surface area contributed by atoms with Gasteiger partial charge in [0.25, 0.3) is 11.8 Å². The highest BCUT2D eigenvalue weighted by Crippen LogP contribution is 1.94. The zero-order valence-electron chi connectivity index (χ0n) is 9.91. The van der Waals surface area contributed by atoms with E-state index in [1.54, 1.807) is 0 Å². The quantitative estimate of drug-likeness (QED) is 0.433. The van der Waals surface area contributed by atoms with Gasteiger partial charge in [0, 0.05) is 12.2 Å². The van der Waals surface area contributed by atoms with E-state index in [2.05, 4.69) is 9.47 Å². The van der Waals surface area contributed by atoms with Crippen LogP contribution in [0.1, 0.15) is 13.8 Å². The lowest BCUT2D eigenvalue weighted by Gasteiger charge is -2.07. The first kappa shape index (κ1) is 15.6. The van der Waals surface area contributed by atoms with Crippen molar-refractivity contribution in [2.24, 2.45) is 11.5 Å². The first-order valence-corrected chi connectivity index (χ1v) is 4.92. The van der Waals surface area contributed by atoms with Crippen molar-refractivity contribution >= 4 is 23.8 Å². The maximum Gasteiger partial charge on any atom is 0.331 e. The van der Waals surface area contributed by atoms with Gasteiger partial charge in [-0.25, -0.2) is 9.59 Å². The van der Waals surface area contributed by atoms with Crippen LogP contribution >= 0.6 is 0 Å². The standard InChI is InChI=1S/C10H14N2O6/c1-5(9(11)15)17-7(13)3-4-8(14)18-6(2)10(12)16/h3-6H,1-2H3,(H2,11,15)(H2,12,16)/b4-3-. The molecule has 2 amide bonds. The second kappa shape index (κ2) is 7.05. The SMILES string of the molecule is CC(OC(=O)/C=C\C(=O)OC(C)C(N)=O)C(N)=O. The molecular weight excluding hydrogens is 244 g/mol. The third kappa shape index (κ3) is 6.26. The van der Waals surface area contributed by atoms with Crippen LogP contribution in [0.4, 0.5) is 0 Å². The lowest BCUT2D eigenvalue weighted by Crippen LogP contribution is -2.30. The van der Waals surface area contributed by atoms with Gasteiger partial charge in [-0.15, -0.1) is 0 Å². The van der Waals surface area contributed by atoms with Gasteiger partial charge in [0.2, 0.25) is 0 Å². The highest BCUT2D eigenvalue weighted by Gasteiger charge is 2.14. The molecule has 0 aromatic heterocycles. The van der Waals surface area contributed by atoms with E-state index < -0.39 is 36.0 Å².